The minimum absolute atomic E-state index is 0.0208. The van der Waals surface area contributed by atoms with Crippen molar-refractivity contribution in [3.8, 4) is 0 Å². The fourth-order valence-corrected chi connectivity index (χ4v) is 3.43. The smallest absolute Gasteiger partial charge is 0.214 e. The van der Waals surface area contributed by atoms with Crippen LogP contribution in [-0.2, 0) is 14.8 Å². The van der Waals surface area contributed by atoms with Gasteiger partial charge in [0, 0.05) is 20.2 Å². The van der Waals surface area contributed by atoms with Crippen molar-refractivity contribution < 1.29 is 13.2 Å². The molecule has 0 radical (unpaired) electrons. The van der Waals surface area contributed by atoms with E-state index in [2.05, 4.69) is 17.0 Å². The van der Waals surface area contributed by atoms with E-state index in [-0.39, 0.29) is 17.3 Å². The maximum absolute atomic E-state index is 11.8. The number of sulfonamides is 1. The summed E-state index contributed by atoms with van der Waals surface area (Å²) in [4.78, 5) is 0. The Kier molecular flexibility index (Phi) is 5.37. The zero-order valence-corrected chi connectivity index (χ0v) is 11.8. The quantitative estimate of drug-likeness (QED) is 0.725. The highest BCUT2D eigenvalue weighted by atomic mass is 32.2. The lowest BCUT2D eigenvalue weighted by molar-refractivity contribution is 0.136. The molecule has 0 aromatic rings. The van der Waals surface area contributed by atoms with Crippen molar-refractivity contribution >= 4 is 10.0 Å². The molecular weight excluding hydrogens is 240 g/mol. The van der Waals surface area contributed by atoms with Crippen LogP contribution in [0.5, 0.6) is 0 Å². The summed E-state index contributed by atoms with van der Waals surface area (Å²) in [7, 11) is -1.71. The summed E-state index contributed by atoms with van der Waals surface area (Å²) in [6.45, 7) is 6.27. The minimum Gasteiger partial charge on any atom is -0.381 e. The number of piperidine rings is 1. The fourth-order valence-electron chi connectivity index (χ4n) is 1.99. The average molecular weight is 264 g/mol. The van der Waals surface area contributed by atoms with Crippen LogP contribution in [0.1, 0.15) is 26.7 Å². The van der Waals surface area contributed by atoms with Crippen LogP contribution in [0, 0.1) is 5.41 Å². The van der Waals surface area contributed by atoms with E-state index in [0.717, 1.165) is 25.9 Å². The highest BCUT2D eigenvalue weighted by Gasteiger charge is 2.28. The van der Waals surface area contributed by atoms with Crippen molar-refractivity contribution in [3.05, 3.63) is 0 Å². The number of hydrogen-bond donors (Lipinski definition) is 2. The molecule has 0 amide bonds. The predicted molar refractivity (Wildman–Crippen MR) is 68.5 cm³/mol. The monoisotopic (exact) mass is 264 g/mol. The highest BCUT2D eigenvalue weighted by Crippen LogP contribution is 2.24. The van der Waals surface area contributed by atoms with Crippen LogP contribution in [0.2, 0.25) is 0 Å². The first kappa shape index (κ1) is 14.9. The number of rotatable bonds is 6. The molecule has 2 atom stereocenters. The van der Waals surface area contributed by atoms with Gasteiger partial charge in [0.25, 0.3) is 0 Å². The largest absolute Gasteiger partial charge is 0.381 e. The Morgan fingerprint density at radius 3 is 2.76 bits per heavy atom. The van der Waals surface area contributed by atoms with Crippen molar-refractivity contribution in [1.29, 1.82) is 0 Å². The van der Waals surface area contributed by atoms with Gasteiger partial charge in [-0.1, -0.05) is 6.92 Å². The van der Waals surface area contributed by atoms with Crippen molar-refractivity contribution in [2.45, 2.75) is 32.8 Å². The first-order valence-corrected chi connectivity index (χ1v) is 7.73. The Balaban J connectivity index is 2.43. The second-order valence-electron chi connectivity index (χ2n) is 5.24. The Morgan fingerprint density at radius 1 is 1.53 bits per heavy atom. The molecule has 0 bridgehead atoms. The Morgan fingerprint density at radius 2 is 2.24 bits per heavy atom. The average Bonchev–Trinajstić information content (AvgIpc) is 2.27. The maximum atomic E-state index is 11.8. The van der Waals surface area contributed by atoms with Gasteiger partial charge >= 0.3 is 0 Å². The van der Waals surface area contributed by atoms with E-state index in [1.54, 1.807) is 6.92 Å². The van der Waals surface area contributed by atoms with Crippen LogP contribution < -0.4 is 10.0 Å². The standard InChI is InChI=1S/C11H24N2O3S/c1-10(16-3)7-17(14,15)13-9-11(2)5-4-6-12-8-11/h10,12-13H,4-9H2,1-3H3. The van der Waals surface area contributed by atoms with Gasteiger partial charge < -0.3 is 10.1 Å². The Hall–Kier alpha value is -0.170. The summed E-state index contributed by atoms with van der Waals surface area (Å²) in [5.41, 5.74) is 0.0294. The van der Waals surface area contributed by atoms with Crippen molar-refractivity contribution in [2.24, 2.45) is 5.41 Å². The van der Waals surface area contributed by atoms with Gasteiger partial charge in [0.15, 0.2) is 0 Å². The molecule has 2 unspecified atom stereocenters. The number of nitrogens with one attached hydrogen (secondary N) is 2. The molecule has 0 aromatic heterocycles. The topological polar surface area (TPSA) is 67.4 Å². The summed E-state index contributed by atoms with van der Waals surface area (Å²) in [5, 5.41) is 3.30. The summed E-state index contributed by atoms with van der Waals surface area (Å²) in [6.07, 6.45) is 1.89. The number of ether oxygens (including phenoxy) is 1. The molecule has 0 aliphatic carbocycles. The molecule has 1 heterocycles. The third-order valence-corrected chi connectivity index (χ3v) is 4.75. The van der Waals surface area contributed by atoms with E-state index in [0.29, 0.717) is 6.54 Å². The first-order valence-electron chi connectivity index (χ1n) is 6.08. The molecule has 6 heteroatoms. The molecule has 0 spiro atoms. The molecule has 1 fully saturated rings. The summed E-state index contributed by atoms with van der Waals surface area (Å²) < 4.78 is 31.2. The van der Waals surface area contributed by atoms with Crippen molar-refractivity contribution in [3.63, 3.8) is 0 Å². The first-order chi connectivity index (χ1) is 7.87. The SMILES string of the molecule is COC(C)CS(=O)(=O)NCC1(C)CCCNC1. The van der Waals surface area contributed by atoms with Gasteiger partial charge in [0.1, 0.15) is 0 Å². The molecule has 1 aliphatic rings. The molecule has 17 heavy (non-hydrogen) atoms. The predicted octanol–water partition coefficient (Wildman–Crippen LogP) is 0.330. The van der Waals surface area contributed by atoms with Gasteiger partial charge in [0.05, 0.1) is 11.9 Å². The molecule has 1 saturated heterocycles. The Labute approximate surface area is 104 Å². The van der Waals surface area contributed by atoms with Crippen LogP contribution in [0.3, 0.4) is 0 Å². The van der Waals surface area contributed by atoms with E-state index < -0.39 is 10.0 Å². The van der Waals surface area contributed by atoms with Gasteiger partial charge in [-0.15, -0.1) is 0 Å². The van der Waals surface area contributed by atoms with Crippen molar-refractivity contribution in [1.82, 2.24) is 10.0 Å². The maximum Gasteiger partial charge on any atom is 0.214 e. The molecule has 0 saturated carbocycles. The van der Waals surface area contributed by atoms with Gasteiger partial charge in [-0.3, -0.25) is 0 Å². The molecule has 102 valence electrons. The number of hydrogen-bond acceptors (Lipinski definition) is 4. The second kappa shape index (κ2) is 6.13. The lowest BCUT2D eigenvalue weighted by Gasteiger charge is -2.34. The number of methoxy groups -OCH3 is 1. The van der Waals surface area contributed by atoms with Gasteiger partial charge in [-0.25, -0.2) is 13.1 Å². The lowest BCUT2D eigenvalue weighted by Crippen LogP contribution is -2.46. The van der Waals surface area contributed by atoms with Crippen LogP contribution in [0.25, 0.3) is 0 Å². The third kappa shape index (κ3) is 5.33. The molecule has 1 aliphatic heterocycles. The molecular formula is C11H24N2O3S. The molecule has 5 nitrogen and oxygen atoms in total. The summed E-state index contributed by atoms with van der Waals surface area (Å²) in [5.74, 6) is 0.0208. The zero-order valence-electron chi connectivity index (χ0n) is 11.0. The second-order valence-corrected chi connectivity index (χ2v) is 7.09. The van der Waals surface area contributed by atoms with Crippen molar-refractivity contribution in [2.75, 3.05) is 32.5 Å². The van der Waals surface area contributed by atoms with Crippen LogP contribution in [0.15, 0.2) is 0 Å². The summed E-state index contributed by atoms with van der Waals surface area (Å²) >= 11 is 0. The summed E-state index contributed by atoms with van der Waals surface area (Å²) in [6, 6.07) is 0. The minimum atomic E-state index is -3.23. The highest BCUT2D eigenvalue weighted by molar-refractivity contribution is 7.89. The van der Waals surface area contributed by atoms with Crippen LogP contribution >= 0.6 is 0 Å². The van der Waals surface area contributed by atoms with E-state index in [9.17, 15) is 8.42 Å². The normalized spacial score (nSPS) is 27.9. The van der Waals surface area contributed by atoms with Gasteiger partial charge in [-0.05, 0) is 31.7 Å². The van der Waals surface area contributed by atoms with Gasteiger partial charge in [0.2, 0.25) is 10.0 Å². The van der Waals surface area contributed by atoms with E-state index in [4.69, 9.17) is 4.74 Å². The Bertz CT molecular complexity index is 324. The fraction of sp³-hybridized carbons (Fsp3) is 1.00. The van der Waals surface area contributed by atoms with Gasteiger partial charge in [-0.2, -0.15) is 0 Å². The molecule has 0 aromatic carbocycles. The van der Waals surface area contributed by atoms with Crippen LogP contribution in [-0.4, -0.2) is 47.0 Å². The van der Waals surface area contributed by atoms with E-state index >= 15 is 0 Å². The lowest BCUT2D eigenvalue weighted by atomic mass is 9.83. The zero-order chi connectivity index (χ0) is 12.9. The third-order valence-electron chi connectivity index (χ3n) is 3.26. The van der Waals surface area contributed by atoms with E-state index in [1.807, 2.05) is 0 Å². The molecule has 1 rings (SSSR count). The van der Waals surface area contributed by atoms with Crippen LogP contribution in [0.4, 0.5) is 0 Å². The molecule has 2 N–H and O–H groups in total. The van der Waals surface area contributed by atoms with E-state index in [1.165, 1.54) is 7.11 Å².